The lowest BCUT2D eigenvalue weighted by molar-refractivity contribution is 0.367. The number of hydrogen-bond donors (Lipinski definition) is 0. The predicted molar refractivity (Wildman–Crippen MR) is 137 cm³/mol. The second-order valence-electron chi connectivity index (χ2n) is 9.74. The fraction of sp³-hybridized carbons (Fsp3) is 0.385. The van der Waals surface area contributed by atoms with Crippen LogP contribution in [0.1, 0.15) is 38.3 Å². The molecule has 1 fully saturated rings. The van der Waals surface area contributed by atoms with E-state index in [1.165, 1.54) is 11.8 Å². The first-order valence-corrected chi connectivity index (χ1v) is 13.9. The molecule has 0 N–H and O–H groups in total. The zero-order chi connectivity index (χ0) is 24.6. The minimum Gasteiger partial charge on any atom is -0.341 e. The van der Waals surface area contributed by atoms with E-state index in [0.29, 0.717) is 10.8 Å². The Hall–Kier alpha value is -3.33. The van der Waals surface area contributed by atoms with Crippen molar-refractivity contribution in [1.82, 2.24) is 25.0 Å². The third-order valence-electron chi connectivity index (χ3n) is 6.52. The fourth-order valence-electron chi connectivity index (χ4n) is 4.68. The van der Waals surface area contributed by atoms with Gasteiger partial charge in [-0.1, -0.05) is 37.3 Å². The molecule has 8 nitrogen and oxygen atoms in total. The topological polar surface area (TPSA) is 93.9 Å². The van der Waals surface area contributed by atoms with Gasteiger partial charge in [0.15, 0.2) is 9.84 Å². The molecular weight excluding hydrogens is 460 g/mol. The van der Waals surface area contributed by atoms with Crippen molar-refractivity contribution in [2.75, 3.05) is 24.2 Å². The van der Waals surface area contributed by atoms with Crippen molar-refractivity contribution in [2.45, 2.75) is 44.0 Å². The number of rotatable bonds is 6. The molecule has 0 spiro atoms. The van der Waals surface area contributed by atoms with Crippen LogP contribution in [0.3, 0.4) is 0 Å². The van der Waals surface area contributed by atoms with E-state index in [1.54, 1.807) is 12.1 Å². The summed E-state index contributed by atoms with van der Waals surface area (Å²) in [7, 11) is -3.21. The summed E-state index contributed by atoms with van der Waals surface area (Å²) >= 11 is 0. The Bertz CT molecular complexity index is 1420. The summed E-state index contributed by atoms with van der Waals surface area (Å²) in [6.07, 6.45) is 8.01. The van der Waals surface area contributed by atoms with Crippen LogP contribution in [0.2, 0.25) is 0 Å². The van der Waals surface area contributed by atoms with E-state index in [1.807, 2.05) is 41.3 Å². The highest BCUT2D eigenvalue weighted by Crippen LogP contribution is 2.29. The van der Waals surface area contributed by atoms with Crippen LogP contribution < -0.4 is 4.90 Å². The molecule has 0 aliphatic carbocycles. The van der Waals surface area contributed by atoms with Gasteiger partial charge in [-0.2, -0.15) is 0 Å². The molecule has 5 rings (SSSR count). The van der Waals surface area contributed by atoms with Gasteiger partial charge in [0.25, 0.3) is 0 Å². The van der Waals surface area contributed by atoms with Gasteiger partial charge >= 0.3 is 0 Å². The summed E-state index contributed by atoms with van der Waals surface area (Å²) in [4.78, 5) is 11.8. The van der Waals surface area contributed by atoms with Crippen LogP contribution >= 0.6 is 0 Å². The van der Waals surface area contributed by atoms with Crippen LogP contribution in [0.4, 0.5) is 5.95 Å². The summed E-state index contributed by atoms with van der Waals surface area (Å²) in [6, 6.07) is 13.3. The van der Waals surface area contributed by atoms with Gasteiger partial charge < -0.3 is 4.90 Å². The fourth-order valence-corrected chi connectivity index (χ4v) is 5.31. The number of sulfone groups is 1. The molecule has 9 heteroatoms. The van der Waals surface area contributed by atoms with Gasteiger partial charge in [0, 0.05) is 31.7 Å². The molecule has 0 amide bonds. The Morgan fingerprint density at radius 2 is 1.63 bits per heavy atom. The standard InChI is InChI=1S/C26H30N6O2S/c1-18(2)14-19-16-27-26(28-17-19)31-12-10-22(11-13-31)32-25-9-6-21(15-24(25)29-30-32)20-4-7-23(8-5-20)35(3,33)34/h4-9,15-18,22H,10-14H2,1-3H3. The SMILES string of the molecule is CC(C)Cc1cnc(N2CCC(n3nnc4cc(-c5ccc(S(C)(=O)=O)cc5)ccc43)CC2)nc1. The van der Waals surface area contributed by atoms with E-state index >= 15 is 0 Å². The Kier molecular flexibility index (Phi) is 6.27. The van der Waals surface area contributed by atoms with Crippen LogP contribution in [0.25, 0.3) is 22.2 Å². The lowest BCUT2D eigenvalue weighted by Crippen LogP contribution is -2.36. The monoisotopic (exact) mass is 490 g/mol. The van der Waals surface area contributed by atoms with Gasteiger partial charge in [-0.25, -0.2) is 23.1 Å². The zero-order valence-corrected chi connectivity index (χ0v) is 21.1. The summed E-state index contributed by atoms with van der Waals surface area (Å²) in [5.41, 5.74) is 4.95. The first-order chi connectivity index (χ1) is 16.8. The van der Waals surface area contributed by atoms with Crippen LogP contribution in [0.5, 0.6) is 0 Å². The van der Waals surface area contributed by atoms with Crippen molar-refractivity contribution in [3.63, 3.8) is 0 Å². The van der Waals surface area contributed by atoms with Crippen molar-refractivity contribution >= 4 is 26.8 Å². The molecule has 2 aromatic heterocycles. The number of nitrogens with zero attached hydrogens (tertiary/aromatic N) is 6. The normalized spacial score (nSPS) is 15.3. The Labute approximate surface area is 205 Å². The van der Waals surface area contributed by atoms with Crippen molar-refractivity contribution in [1.29, 1.82) is 0 Å². The smallest absolute Gasteiger partial charge is 0.225 e. The molecule has 0 atom stereocenters. The highest BCUT2D eigenvalue weighted by Gasteiger charge is 2.24. The lowest BCUT2D eigenvalue weighted by atomic mass is 10.0. The minimum absolute atomic E-state index is 0.274. The molecule has 35 heavy (non-hydrogen) atoms. The van der Waals surface area contributed by atoms with Gasteiger partial charge in [0.1, 0.15) is 5.52 Å². The zero-order valence-electron chi connectivity index (χ0n) is 20.3. The predicted octanol–water partition coefficient (Wildman–Crippen LogP) is 4.33. The maximum atomic E-state index is 11.7. The third kappa shape index (κ3) is 5.05. The van der Waals surface area contributed by atoms with Crippen LogP contribution in [0.15, 0.2) is 59.8 Å². The summed E-state index contributed by atoms with van der Waals surface area (Å²) in [5, 5.41) is 8.90. The van der Waals surface area contributed by atoms with Crippen LogP contribution in [-0.4, -0.2) is 52.7 Å². The van der Waals surface area contributed by atoms with Crippen molar-refractivity contribution in [2.24, 2.45) is 5.92 Å². The first kappa shape index (κ1) is 23.4. The second-order valence-corrected chi connectivity index (χ2v) is 11.8. The molecule has 0 unspecified atom stereocenters. The average molecular weight is 491 g/mol. The number of anilines is 1. The molecule has 3 heterocycles. The van der Waals surface area contributed by atoms with Gasteiger partial charge in [-0.15, -0.1) is 5.10 Å². The van der Waals surface area contributed by atoms with Crippen LogP contribution in [0, 0.1) is 5.92 Å². The van der Waals surface area contributed by atoms with Crippen molar-refractivity contribution < 1.29 is 8.42 Å². The number of hydrogen-bond acceptors (Lipinski definition) is 7. The van der Waals surface area contributed by atoms with Gasteiger partial charge in [0.2, 0.25) is 5.95 Å². The molecule has 2 aromatic carbocycles. The van der Waals surface area contributed by atoms with E-state index in [9.17, 15) is 8.42 Å². The number of aromatic nitrogens is 5. The number of fused-ring (bicyclic) bond motifs is 1. The van der Waals surface area contributed by atoms with E-state index in [-0.39, 0.29) is 6.04 Å². The minimum atomic E-state index is -3.21. The number of piperidine rings is 1. The maximum Gasteiger partial charge on any atom is 0.225 e. The molecule has 0 saturated carbocycles. The molecule has 1 saturated heterocycles. The lowest BCUT2D eigenvalue weighted by Gasteiger charge is -2.32. The summed E-state index contributed by atoms with van der Waals surface area (Å²) in [5.74, 6) is 1.39. The van der Waals surface area contributed by atoms with E-state index in [0.717, 1.165) is 60.5 Å². The maximum absolute atomic E-state index is 11.7. The van der Waals surface area contributed by atoms with Crippen molar-refractivity contribution in [3.8, 4) is 11.1 Å². The molecule has 0 bridgehead atoms. The van der Waals surface area contributed by atoms with Gasteiger partial charge in [0.05, 0.1) is 16.5 Å². The summed E-state index contributed by atoms with van der Waals surface area (Å²) in [6.45, 7) is 6.15. The molecular formula is C26H30N6O2S. The third-order valence-corrected chi connectivity index (χ3v) is 7.64. The van der Waals surface area contributed by atoms with Gasteiger partial charge in [-0.05, 0) is 66.1 Å². The number of benzene rings is 2. The Morgan fingerprint density at radius 1 is 0.971 bits per heavy atom. The second kappa shape index (κ2) is 9.37. The molecule has 1 aliphatic heterocycles. The van der Waals surface area contributed by atoms with E-state index < -0.39 is 9.84 Å². The highest BCUT2D eigenvalue weighted by atomic mass is 32.2. The molecule has 182 valence electrons. The largest absolute Gasteiger partial charge is 0.341 e. The van der Waals surface area contributed by atoms with E-state index in [4.69, 9.17) is 0 Å². The molecule has 0 radical (unpaired) electrons. The highest BCUT2D eigenvalue weighted by molar-refractivity contribution is 7.90. The van der Waals surface area contributed by atoms with Gasteiger partial charge in [-0.3, -0.25) is 0 Å². The summed E-state index contributed by atoms with van der Waals surface area (Å²) < 4.78 is 25.5. The molecule has 4 aromatic rings. The Balaban J connectivity index is 1.28. The quantitative estimate of drug-likeness (QED) is 0.397. The Morgan fingerprint density at radius 3 is 2.26 bits per heavy atom. The first-order valence-electron chi connectivity index (χ1n) is 12.0. The van der Waals surface area contributed by atoms with E-state index in [2.05, 4.69) is 45.1 Å². The van der Waals surface area contributed by atoms with Crippen LogP contribution in [-0.2, 0) is 16.3 Å². The molecule has 1 aliphatic rings. The van der Waals surface area contributed by atoms with Crippen molar-refractivity contribution in [3.05, 3.63) is 60.4 Å². The average Bonchev–Trinajstić information content (AvgIpc) is 3.27.